The Balaban J connectivity index is 2.48. The van der Waals surface area contributed by atoms with Crippen LogP contribution in [0.15, 0.2) is 0 Å². The summed E-state index contributed by atoms with van der Waals surface area (Å²) >= 11 is 0. The van der Waals surface area contributed by atoms with Crippen LogP contribution in [0.25, 0.3) is 0 Å². The molecule has 2 nitrogen and oxygen atoms in total. The molecule has 0 saturated carbocycles. The van der Waals surface area contributed by atoms with E-state index in [1.165, 1.54) is 19.5 Å². The second-order valence-electron chi connectivity index (χ2n) is 4.49. The summed E-state index contributed by atoms with van der Waals surface area (Å²) in [6.45, 7) is 11.6. The fraction of sp³-hybridized carbons (Fsp3) is 1.00. The molecule has 1 heterocycles. The van der Waals surface area contributed by atoms with Crippen LogP contribution in [0, 0.1) is 11.3 Å². The van der Waals surface area contributed by atoms with Gasteiger partial charge in [-0.25, -0.2) is 0 Å². The fourth-order valence-electron chi connectivity index (χ4n) is 1.63. The van der Waals surface area contributed by atoms with E-state index in [9.17, 15) is 0 Å². The Hall–Kier alpha value is -0.0800. The summed E-state index contributed by atoms with van der Waals surface area (Å²) in [6.07, 6.45) is 1.29. The molecule has 1 unspecified atom stereocenters. The largest absolute Gasteiger partial charge is 0.315 e. The summed E-state index contributed by atoms with van der Waals surface area (Å²) in [5.41, 5.74) is 0.480. The van der Waals surface area contributed by atoms with Gasteiger partial charge < -0.3 is 10.6 Å². The van der Waals surface area contributed by atoms with E-state index in [0.717, 1.165) is 19.0 Å². The molecule has 0 aromatic carbocycles. The first-order valence-corrected chi connectivity index (χ1v) is 5.06. The Labute approximate surface area is 76.1 Å². The van der Waals surface area contributed by atoms with Crippen LogP contribution >= 0.6 is 0 Å². The molecule has 0 aromatic heterocycles. The predicted molar refractivity (Wildman–Crippen MR) is 53.3 cm³/mol. The molecule has 0 aliphatic carbocycles. The van der Waals surface area contributed by atoms with Crippen molar-refractivity contribution in [3.05, 3.63) is 0 Å². The first-order chi connectivity index (χ1) is 5.65. The number of hydrogen-bond donors (Lipinski definition) is 2. The molecule has 0 spiro atoms. The van der Waals surface area contributed by atoms with E-state index in [1.807, 2.05) is 0 Å². The minimum Gasteiger partial charge on any atom is -0.315 e. The Bertz CT molecular complexity index is 124. The van der Waals surface area contributed by atoms with Crippen molar-refractivity contribution in [2.24, 2.45) is 11.3 Å². The van der Waals surface area contributed by atoms with E-state index < -0.39 is 0 Å². The summed E-state index contributed by atoms with van der Waals surface area (Å²) in [7, 11) is 0. The van der Waals surface area contributed by atoms with Crippen LogP contribution in [-0.2, 0) is 0 Å². The molecule has 2 N–H and O–H groups in total. The number of rotatable bonds is 1. The lowest BCUT2D eigenvalue weighted by Gasteiger charge is -2.36. The lowest BCUT2D eigenvalue weighted by molar-refractivity contribution is 0.182. The molecule has 0 radical (unpaired) electrons. The first-order valence-electron chi connectivity index (χ1n) is 5.06. The maximum atomic E-state index is 3.50. The molecule has 2 heteroatoms. The lowest BCUT2D eigenvalue weighted by Crippen LogP contribution is -2.43. The van der Waals surface area contributed by atoms with Crippen LogP contribution in [0.1, 0.15) is 27.2 Å². The van der Waals surface area contributed by atoms with Crippen molar-refractivity contribution in [2.75, 3.05) is 26.2 Å². The van der Waals surface area contributed by atoms with E-state index in [2.05, 4.69) is 31.4 Å². The highest BCUT2D eigenvalue weighted by Crippen LogP contribution is 2.29. The van der Waals surface area contributed by atoms with E-state index in [1.54, 1.807) is 0 Å². The highest BCUT2D eigenvalue weighted by atomic mass is 15.0. The minimum absolute atomic E-state index is 0.480. The van der Waals surface area contributed by atoms with E-state index >= 15 is 0 Å². The van der Waals surface area contributed by atoms with Gasteiger partial charge in [-0.1, -0.05) is 20.8 Å². The Morgan fingerprint density at radius 3 is 2.42 bits per heavy atom. The quantitative estimate of drug-likeness (QED) is 0.618. The SMILES string of the molecule is CC(C)C1(C)CCNCCNC1. The van der Waals surface area contributed by atoms with Gasteiger partial charge in [0.15, 0.2) is 0 Å². The summed E-state index contributed by atoms with van der Waals surface area (Å²) in [5, 5.41) is 6.93. The van der Waals surface area contributed by atoms with Crippen molar-refractivity contribution in [1.82, 2.24) is 10.6 Å². The van der Waals surface area contributed by atoms with Gasteiger partial charge in [0.2, 0.25) is 0 Å². The molecular formula is C10H22N2. The van der Waals surface area contributed by atoms with Crippen molar-refractivity contribution in [1.29, 1.82) is 0 Å². The Morgan fingerprint density at radius 2 is 1.75 bits per heavy atom. The van der Waals surface area contributed by atoms with E-state index in [4.69, 9.17) is 0 Å². The molecule has 12 heavy (non-hydrogen) atoms. The van der Waals surface area contributed by atoms with Crippen molar-refractivity contribution >= 4 is 0 Å². The van der Waals surface area contributed by atoms with Gasteiger partial charge in [-0.05, 0) is 24.3 Å². The highest BCUT2D eigenvalue weighted by Gasteiger charge is 2.27. The third kappa shape index (κ3) is 2.46. The van der Waals surface area contributed by atoms with Crippen molar-refractivity contribution in [2.45, 2.75) is 27.2 Å². The van der Waals surface area contributed by atoms with Crippen LogP contribution in [0.3, 0.4) is 0 Å². The molecule has 1 rings (SSSR count). The monoisotopic (exact) mass is 170 g/mol. The minimum atomic E-state index is 0.480. The second kappa shape index (κ2) is 4.24. The molecule has 1 aliphatic rings. The van der Waals surface area contributed by atoms with Crippen LogP contribution in [0.2, 0.25) is 0 Å². The molecule has 0 bridgehead atoms. The third-order valence-electron chi connectivity index (χ3n) is 3.27. The van der Waals surface area contributed by atoms with Gasteiger partial charge in [0.25, 0.3) is 0 Å². The topological polar surface area (TPSA) is 24.1 Å². The molecule has 1 atom stereocenters. The molecule has 1 aliphatic heterocycles. The van der Waals surface area contributed by atoms with Crippen molar-refractivity contribution < 1.29 is 0 Å². The zero-order valence-electron chi connectivity index (χ0n) is 8.61. The molecule has 0 aromatic rings. The fourth-order valence-corrected chi connectivity index (χ4v) is 1.63. The maximum Gasteiger partial charge on any atom is 0.00769 e. The highest BCUT2D eigenvalue weighted by molar-refractivity contribution is 4.82. The number of nitrogens with one attached hydrogen (secondary N) is 2. The third-order valence-corrected chi connectivity index (χ3v) is 3.27. The van der Waals surface area contributed by atoms with Gasteiger partial charge in [-0.2, -0.15) is 0 Å². The first kappa shape index (κ1) is 10.0. The second-order valence-corrected chi connectivity index (χ2v) is 4.49. The van der Waals surface area contributed by atoms with Crippen LogP contribution in [-0.4, -0.2) is 26.2 Å². The molecule has 0 amide bonds. The summed E-state index contributed by atoms with van der Waals surface area (Å²) in [6, 6.07) is 0. The smallest absolute Gasteiger partial charge is 0.00769 e. The van der Waals surface area contributed by atoms with E-state index in [0.29, 0.717) is 5.41 Å². The molecular weight excluding hydrogens is 148 g/mol. The molecule has 1 fully saturated rings. The normalized spacial score (nSPS) is 33.0. The Morgan fingerprint density at radius 1 is 1.08 bits per heavy atom. The van der Waals surface area contributed by atoms with Gasteiger partial charge in [-0.15, -0.1) is 0 Å². The van der Waals surface area contributed by atoms with Crippen LogP contribution in [0.4, 0.5) is 0 Å². The summed E-state index contributed by atoms with van der Waals surface area (Å²) in [4.78, 5) is 0. The average molecular weight is 170 g/mol. The van der Waals surface area contributed by atoms with Gasteiger partial charge >= 0.3 is 0 Å². The van der Waals surface area contributed by atoms with Gasteiger partial charge in [0, 0.05) is 19.6 Å². The maximum absolute atomic E-state index is 3.50. The predicted octanol–water partition coefficient (Wildman–Crippen LogP) is 1.23. The van der Waals surface area contributed by atoms with Gasteiger partial charge in [0.05, 0.1) is 0 Å². The van der Waals surface area contributed by atoms with Gasteiger partial charge in [0.1, 0.15) is 0 Å². The van der Waals surface area contributed by atoms with Crippen molar-refractivity contribution in [3.8, 4) is 0 Å². The zero-order chi connectivity index (χ0) is 9.03. The lowest BCUT2D eigenvalue weighted by atomic mass is 9.76. The zero-order valence-corrected chi connectivity index (χ0v) is 8.61. The summed E-state index contributed by atoms with van der Waals surface area (Å²) in [5.74, 6) is 0.768. The summed E-state index contributed by atoms with van der Waals surface area (Å²) < 4.78 is 0. The van der Waals surface area contributed by atoms with E-state index in [-0.39, 0.29) is 0 Å². The molecule has 1 saturated heterocycles. The average Bonchev–Trinajstić information content (AvgIpc) is 1.97. The van der Waals surface area contributed by atoms with Crippen molar-refractivity contribution in [3.63, 3.8) is 0 Å². The Kier molecular flexibility index (Phi) is 3.53. The molecule has 72 valence electrons. The van der Waals surface area contributed by atoms with Gasteiger partial charge in [-0.3, -0.25) is 0 Å². The van der Waals surface area contributed by atoms with Crippen LogP contribution < -0.4 is 10.6 Å². The standard InChI is InChI=1S/C10H22N2/c1-9(2)10(3)4-5-11-6-7-12-8-10/h9,11-12H,4-8H2,1-3H3. The number of hydrogen-bond acceptors (Lipinski definition) is 2. The van der Waals surface area contributed by atoms with Crippen LogP contribution in [0.5, 0.6) is 0 Å².